The molecule has 0 saturated carbocycles. The number of methoxy groups -OCH3 is 1. The van der Waals surface area contributed by atoms with Crippen LogP contribution < -0.4 is 10.5 Å². The second-order valence-electron chi connectivity index (χ2n) is 3.76. The molecule has 0 atom stereocenters. The van der Waals surface area contributed by atoms with Crippen LogP contribution in [0.25, 0.3) is 0 Å². The van der Waals surface area contributed by atoms with Crippen molar-refractivity contribution in [2.45, 2.75) is 0 Å². The molecule has 4 heteroatoms. The molecule has 0 radical (unpaired) electrons. The second-order valence-corrected chi connectivity index (χ2v) is 5.01. The lowest BCUT2D eigenvalue weighted by Crippen LogP contribution is -2.05. The molecule has 0 saturated heterocycles. The summed E-state index contributed by atoms with van der Waals surface area (Å²) in [6.45, 7) is 0. The first-order valence-electron chi connectivity index (χ1n) is 5.36. The number of rotatable bonds is 3. The Hall–Kier alpha value is -1.56. The average molecular weight is 353 g/mol. The first-order chi connectivity index (χ1) is 8.63. The van der Waals surface area contributed by atoms with Crippen molar-refractivity contribution in [1.82, 2.24) is 0 Å². The largest absolute Gasteiger partial charge is 0.494 e. The van der Waals surface area contributed by atoms with E-state index in [1.807, 2.05) is 12.1 Å². The molecule has 0 aliphatic heterocycles. The maximum Gasteiger partial charge on any atom is 0.196 e. The molecule has 3 nitrogen and oxygen atoms in total. The van der Waals surface area contributed by atoms with E-state index in [2.05, 4.69) is 22.6 Å². The molecule has 0 unspecified atom stereocenters. The molecular weight excluding hydrogens is 341 g/mol. The van der Waals surface area contributed by atoms with Crippen molar-refractivity contribution in [3.8, 4) is 5.75 Å². The molecule has 18 heavy (non-hydrogen) atoms. The van der Waals surface area contributed by atoms with E-state index in [4.69, 9.17) is 10.5 Å². The Morgan fingerprint density at radius 3 is 2.44 bits per heavy atom. The molecular formula is C14H12INO2. The molecule has 0 fully saturated rings. The highest BCUT2D eigenvalue weighted by Crippen LogP contribution is 2.28. The van der Waals surface area contributed by atoms with E-state index in [1.165, 1.54) is 7.11 Å². The number of ketones is 1. The second kappa shape index (κ2) is 5.39. The van der Waals surface area contributed by atoms with Gasteiger partial charge in [0.25, 0.3) is 0 Å². The highest BCUT2D eigenvalue weighted by atomic mass is 127. The molecule has 2 rings (SSSR count). The van der Waals surface area contributed by atoms with Crippen LogP contribution >= 0.6 is 22.6 Å². The summed E-state index contributed by atoms with van der Waals surface area (Å²) in [6.07, 6.45) is 0. The zero-order valence-corrected chi connectivity index (χ0v) is 12.0. The van der Waals surface area contributed by atoms with Gasteiger partial charge in [-0.05, 0) is 59.0 Å². The first-order valence-corrected chi connectivity index (χ1v) is 6.44. The highest BCUT2D eigenvalue weighted by molar-refractivity contribution is 14.1. The minimum Gasteiger partial charge on any atom is -0.494 e. The minimum absolute atomic E-state index is 0.0875. The van der Waals surface area contributed by atoms with Crippen molar-refractivity contribution < 1.29 is 9.53 Å². The van der Waals surface area contributed by atoms with Crippen molar-refractivity contribution in [2.75, 3.05) is 12.8 Å². The third-order valence-electron chi connectivity index (χ3n) is 2.60. The van der Waals surface area contributed by atoms with E-state index in [0.29, 0.717) is 22.6 Å². The van der Waals surface area contributed by atoms with Gasteiger partial charge in [0.2, 0.25) is 0 Å². The van der Waals surface area contributed by atoms with E-state index in [9.17, 15) is 4.79 Å². The summed E-state index contributed by atoms with van der Waals surface area (Å²) in [6, 6.07) is 12.6. The normalized spacial score (nSPS) is 10.1. The number of halogens is 1. The van der Waals surface area contributed by atoms with Gasteiger partial charge in [0.1, 0.15) is 0 Å². The topological polar surface area (TPSA) is 52.3 Å². The summed E-state index contributed by atoms with van der Waals surface area (Å²) in [5.74, 6) is 0.344. The van der Waals surface area contributed by atoms with Gasteiger partial charge in [0.05, 0.1) is 18.4 Å². The van der Waals surface area contributed by atoms with Crippen LogP contribution in [-0.4, -0.2) is 12.9 Å². The third kappa shape index (κ3) is 2.48. The van der Waals surface area contributed by atoms with Crippen molar-refractivity contribution in [1.29, 1.82) is 0 Å². The summed E-state index contributed by atoms with van der Waals surface area (Å²) in [7, 11) is 1.51. The monoisotopic (exact) mass is 353 g/mol. The third-order valence-corrected chi connectivity index (χ3v) is 3.32. The summed E-state index contributed by atoms with van der Waals surface area (Å²) in [5.41, 5.74) is 7.37. The predicted molar refractivity (Wildman–Crippen MR) is 80.0 cm³/mol. The summed E-state index contributed by atoms with van der Waals surface area (Å²) in [5, 5.41) is 0. The molecule has 2 aromatic rings. The number of carbonyl (C=O) groups is 1. The smallest absolute Gasteiger partial charge is 0.196 e. The molecule has 2 aromatic carbocycles. The molecule has 0 heterocycles. The molecule has 2 N–H and O–H groups in total. The van der Waals surface area contributed by atoms with Crippen LogP contribution in [0.5, 0.6) is 5.75 Å². The lowest BCUT2D eigenvalue weighted by atomic mass is 10.0. The van der Waals surface area contributed by atoms with Crippen LogP contribution in [0.2, 0.25) is 0 Å². The van der Waals surface area contributed by atoms with Crippen molar-refractivity contribution in [3.05, 3.63) is 57.2 Å². The van der Waals surface area contributed by atoms with Crippen LogP contribution in [0.4, 0.5) is 5.69 Å². The Morgan fingerprint density at radius 1 is 1.17 bits per heavy atom. The van der Waals surface area contributed by atoms with Crippen molar-refractivity contribution in [3.63, 3.8) is 0 Å². The molecule has 0 aliphatic rings. The number of benzene rings is 2. The van der Waals surface area contributed by atoms with Gasteiger partial charge in [-0.25, -0.2) is 0 Å². The van der Waals surface area contributed by atoms with Gasteiger partial charge < -0.3 is 10.5 Å². The Labute approximate surface area is 119 Å². The van der Waals surface area contributed by atoms with Gasteiger partial charge in [-0.15, -0.1) is 0 Å². The Kier molecular flexibility index (Phi) is 3.86. The lowest BCUT2D eigenvalue weighted by molar-refractivity contribution is 0.103. The van der Waals surface area contributed by atoms with Crippen LogP contribution in [0, 0.1) is 3.57 Å². The SMILES string of the molecule is COc1c(N)cccc1C(=O)c1ccc(I)cc1. The van der Waals surface area contributed by atoms with Gasteiger partial charge in [0.15, 0.2) is 11.5 Å². The van der Waals surface area contributed by atoms with E-state index < -0.39 is 0 Å². The van der Waals surface area contributed by atoms with Crippen LogP contribution in [0.3, 0.4) is 0 Å². The zero-order chi connectivity index (χ0) is 13.1. The van der Waals surface area contributed by atoms with E-state index in [0.717, 1.165) is 3.57 Å². The standard InChI is InChI=1S/C14H12INO2/c1-18-14-11(3-2-4-12(14)16)13(17)9-5-7-10(15)8-6-9/h2-8H,16H2,1H3. The maximum absolute atomic E-state index is 12.4. The predicted octanol–water partition coefficient (Wildman–Crippen LogP) is 3.11. The Bertz CT molecular complexity index is 579. The minimum atomic E-state index is -0.0875. The quantitative estimate of drug-likeness (QED) is 0.524. The number of anilines is 1. The molecule has 0 amide bonds. The zero-order valence-electron chi connectivity index (χ0n) is 9.81. The molecule has 0 spiro atoms. The summed E-state index contributed by atoms with van der Waals surface area (Å²) >= 11 is 2.20. The van der Waals surface area contributed by atoms with E-state index >= 15 is 0 Å². The number of carbonyl (C=O) groups excluding carboxylic acids is 1. The van der Waals surface area contributed by atoms with Gasteiger partial charge in [-0.3, -0.25) is 4.79 Å². The van der Waals surface area contributed by atoms with Gasteiger partial charge in [-0.1, -0.05) is 6.07 Å². The average Bonchev–Trinajstić information content (AvgIpc) is 2.38. The van der Waals surface area contributed by atoms with Crippen LogP contribution in [-0.2, 0) is 0 Å². The van der Waals surface area contributed by atoms with Crippen LogP contribution in [0.1, 0.15) is 15.9 Å². The maximum atomic E-state index is 12.4. The number of hydrogen-bond donors (Lipinski definition) is 1. The Balaban J connectivity index is 2.46. The molecule has 0 aromatic heterocycles. The Morgan fingerprint density at radius 2 is 1.83 bits per heavy atom. The highest BCUT2D eigenvalue weighted by Gasteiger charge is 2.15. The molecule has 0 bridgehead atoms. The molecule has 0 aliphatic carbocycles. The number of nitrogens with two attached hydrogens (primary N) is 1. The van der Waals surface area contributed by atoms with Gasteiger partial charge in [-0.2, -0.15) is 0 Å². The van der Waals surface area contributed by atoms with Gasteiger partial charge >= 0.3 is 0 Å². The van der Waals surface area contributed by atoms with Crippen molar-refractivity contribution in [2.24, 2.45) is 0 Å². The molecule has 92 valence electrons. The van der Waals surface area contributed by atoms with Gasteiger partial charge in [0, 0.05) is 9.13 Å². The van der Waals surface area contributed by atoms with Crippen molar-refractivity contribution >= 4 is 34.1 Å². The summed E-state index contributed by atoms with van der Waals surface area (Å²) < 4.78 is 6.28. The first kappa shape index (κ1) is 12.9. The number of nitrogen functional groups attached to an aromatic ring is 1. The number of para-hydroxylation sites is 1. The number of ether oxygens (including phenoxy) is 1. The fraction of sp³-hybridized carbons (Fsp3) is 0.0714. The fourth-order valence-corrected chi connectivity index (χ4v) is 2.08. The van der Waals surface area contributed by atoms with E-state index in [1.54, 1.807) is 30.3 Å². The van der Waals surface area contributed by atoms with Crippen LogP contribution in [0.15, 0.2) is 42.5 Å². The number of hydrogen-bond acceptors (Lipinski definition) is 3. The van der Waals surface area contributed by atoms with E-state index in [-0.39, 0.29) is 5.78 Å². The summed E-state index contributed by atoms with van der Waals surface area (Å²) in [4.78, 5) is 12.4. The fourth-order valence-electron chi connectivity index (χ4n) is 1.72. The lowest BCUT2D eigenvalue weighted by Gasteiger charge is -2.10.